The van der Waals surface area contributed by atoms with Gasteiger partial charge in [-0.15, -0.1) is 5.10 Å². The number of hydrogen-bond acceptors (Lipinski definition) is 7. The van der Waals surface area contributed by atoms with Crippen LogP contribution in [-0.2, 0) is 4.79 Å². The van der Waals surface area contributed by atoms with Crippen molar-refractivity contribution in [2.75, 3.05) is 11.1 Å². The van der Waals surface area contributed by atoms with E-state index in [1.54, 1.807) is 42.7 Å². The molecule has 23 heavy (non-hydrogen) atoms. The molecule has 0 atom stereocenters. The summed E-state index contributed by atoms with van der Waals surface area (Å²) >= 11 is 7.07. The average molecular weight is 348 g/mol. The zero-order valence-electron chi connectivity index (χ0n) is 11.6. The van der Waals surface area contributed by atoms with Crippen molar-refractivity contribution in [1.82, 2.24) is 30.2 Å². The third-order valence-electron chi connectivity index (χ3n) is 2.66. The Balaban J connectivity index is 1.64. The predicted octanol–water partition coefficient (Wildman–Crippen LogP) is 1.84. The van der Waals surface area contributed by atoms with Gasteiger partial charge in [-0.3, -0.25) is 10.1 Å². The van der Waals surface area contributed by atoms with Crippen LogP contribution < -0.4 is 5.32 Å². The molecule has 8 nitrogen and oxygen atoms in total. The van der Waals surface area contributed by atoms with E-state index in [0.29, 0.717) is 10.2 Å². The van der Waals surface area contributed by atoms with Crippen LogP contribution in [0.1, 0.15) is 0 Å². The Morgan fingerprint density at radius 3 is 2.70 bits per heavy atom. The van der Waals surface area contributed by atoms with Gasteiger partial charge >= 0.3 is 0 Å². The van der Waals surface area contributed by atoms with Crippen molar-refractivity contribution >= 4 is 35.2 Å². The molecular formula is C13H10ClN7OS. The first kappa shape index (κ1) is 15.4. The van der Waals surface area contributed by atoms with Crippen LogP contribution in [0.5, 0.6) is 0 Å². The topological polar surface area (TPSA) is 98.5 Å². The van der Waals surface area contributed by atoms with Gasteiger partial charge in [0.15, 0.2) is 0 Å². The third kappa shape index (κ3) is 4.02. The first-order chi connectivity index (χ1) is 11.2. The largest absolute Gasteiger partial charge is 0.294 e. The van der Waals surface area contributed by atoms with Gasteiger partial charge in [0.05, 0.1) is 11.4 Å². The number of thioether (sulfide) groups is 1. The van der Waals surface area contributed by atoms with Crippen LogP contribution in [0.15, 0.2) is 47.9 Å². The molecule has 0 radical (unpaired) electrons. The lowest BCUT2D eigenvalue weighted by Gasteiger charge is -2.04. The molecule has 0 bridgehead atoms. The van der Waals surface area contributed by atoms with Crippen molar-refractivity contribution in [2.45, 2.75) is 5.16 Å². The quantitative estimate of drug-likeness (QED) is 0.703. The number of aromatic nitrogens is 6. The number of tetrazole rings is 1. The summed E-state index contributed by atoms with van der Waals surface area (Å²) in [6.07, 6.45) is 3.10. The monoisotopic (exact) mass is 347 g/mol. The molecule has 116 valence electrons. The van der Waals surface area contributed by atoms with Gasteiger partial charge < -0.3 is 0 Å². The van der Waals surface area contributed by atoms with Gasteiger partial charge in [0.2, 0.25) is 17.0 Å². The number of hydrogen-bond donors (Lipinski definition) is 1. The molecule has 3 rings (SSSR count). The molecule has 0 spiro atoms. The number of nitrogens with zero attached hydrogens (tertiary/aromatic N) is 6. The molecule has 3 aromatic rings. The maximum atomic E-state index is 11.9. The maximum absolute atomic E-state index is 11.9. The van der Waals surface area contributed by atoms with E-state index in [4.69, 9.17) is 11.6 Å². The lowest BCUT2D eigenvalue weighted by atomic mass is 10.3. The molecule has 2 heterocycles. The number of nitrogens with one attached hydrogen (secondary N) is 1. The second-order valence-corrected chi connectivity index (χ2v) is 5.64. The highest BCUT2D eigenvalue weighted by molar-refractivity contribution is 7.99. The Kier molecular flexibility index (Phi) is 4.79. The van der Waals surface area contributed by atoms with Crippen molar-refractivity contribution in [3.8, 4) is 5.69 Å². The molecule has 10 heteroatoms. The van der Waals surface area contributed by atoms with E-state index in [9.17, 15) is 4.79 Å². The summed E-state index contributed by atoms with van der Waals surface area (Å²) < 4.78 is 1.54. The molecular weight excluding hydrogens is 338 g/mol. The molecule has 1 aromatic carbocycles. The summed E-state index contributed by atoms with van der Waals surface area (Å²) in [4.78, 5) is 19.7. The van der Waals surface area contributed by atoms with Crippen LogP contribution in [0.4, 0.5) is 5.95 Å². The van der Waals surface area contributed by atoms with Gasteiger partial charge in [-0.25, -0.2) is 9.97 Å². The van der Waals surface area contributed by atoms with E-state index >= 15 is 0 Å². The summed E-state index contributed by atoms with van der Waals surface area (Å²) in [5.74, 6) is 0.147. The van der Waals surface area contributed by atoms with Gasteiger partial charge in [-0.05, 0) is 40.8 Å². The Bertz CT molecular complexity index is 794. The maximum Gasteiger partial charge on any atom is 0.237 e. The van der Waals surface area contributed by atoms with E-state index in [0.717, 1.165) is 5.69 Å². The summed E-state index contributed by atoms with van der Waals surface area (Å²) in [6, 6.07) is 8.74. The number of amides is 1. The minimum atomic E-state index is -0.244. The van der Waals surface area contributed by atoms with Gasteiger partial charge in [-0.2, -0.15) is 4.68 Å². The Hall–Kier alpha value is -2.52. The van der Waals surface area contributed by atoms with Crippen molar-refractivity contribution in [1.29, 1.82) is 0 Å². The van der Waals surface area contributed by atoms with E-state index in [1.165, 1.54) is 16.4 Å². The molecule has 0 saturated carbocycles. The van der Waals surface area contributed by atoms with Crippen LogP contribution in [0.2, 0.25) is 5.02 Å². The lowest BCUT2D eigenvalue weighted by Crippen LogP contribution is -2.16. The molecule has 0 aliphatic heterocycles. The van der Waals surface area contributed by atoms with E-state index < -0.39 is 0 Å². The SMILES string of the molecule is O=C(CSc1nnnn1-c1ccc(Cl)cc1)Nc1ncccn1. The second-order valence-electron chi connectivity index (χ2n) is 4.26. The van der Waals surface area contributed by atoms with Gasteiger partial charge in [0.1, 0.15) is 0 Å². The smallest absolute Gasteiger partial charge is 0.237 e. The Morgan fingerprint density at radius 1 is 1.22 bits per heavy atom. The zero-order chi connectivity index (χ0) is 16.1. The highest BCUT2D eigenvalue weighted by Crippen LogP contribution is 2.19. The van der Waals surface area contributed by atoms with Crippen LogP contribution in [0.25, 0.3) is 5.69 Å². The number of rotatable bonds is 5. The highest BCUT2D eigenvalue weighted by atomic mass is 35.5. The van der Waals surface area contributed by atoms with E-state index in [1.807, 2.05) is 0 Å². The van der Waals surface area contributed by atoms with Crippen molar-refractivity contribution in [3.05, 3.63) is 47.7 Å². The van der Waals surface area contributed by atoms with Crippen LogP contribution in [0.3, 0.4) is 0 Å². The highest BCUT2D eigenvalue weighted by Gasteiger charge is 2.12. The molecule has 1 amide bonds. The van der Waals surface area contributed by atoms with E-state index in [2.05, 4.69) is 30.8 Å². The fourth-order valence-corrected chi connectivity index (χ4v) is 2.48. The first-order valence-corrected chi connectivity index (χ1v) is 7.83. The molecule has 0 unspecified atom stereocenters. The van der Waals surface area contributed by atoms with Gasteiger partial charge in [-0.1, -0.05) is 23.4 Å². The fourth-order valence-electron chi connectivity index (χ4n) is 1.67. The van der Waals surface area contributed by atoms with Crippen molar-refractivity contribution in [3.63, 3.8) is 0 Å². The van der Waals surface area contributed by atoms with Crippen molar-refractivity contribution in [2.24, 2.45) is 0 Å². The molecule has 0 fully saturated rings. The Morgan fingerprint density at radius 2 is 1.96 bits per heavy atom. The van der Waals surface area contributed by atoms with Crippen molar-refractivity contribution < 1.29 is 4.79 Å². The predicted molar refractivity (Wildman–Crippen MR) is 85.5 cm³/mol. The number of carbonyl (C=O) groups excluding carboxylic acids is 1. The Labute approximate surface area is 140 Å². The molecule has 2 aromatic heterocycles. The number of halogens is 1. The molecule has 0 aliphatic carbocycles. The summed E-state index contributed by atoms with van der Waals surface area (Å²) in [5.41, 5.74) is 0.758. The average Bonchev–Trinajstić information content (AvgIpc) is 3.03. The molecule has 0 saturated heterocycles. The minimum Gasteiger partial charge on any atom is -0.294 e. The van der Waals surface area contributed by atoms with Crippen LogP contribution in [-0.4, -0.2) is 41.8 Å². The third-order valence-corrected chi connectivity index (χ3v) is 3.83. The normalized spacial score (nSPS) is 10.5. The number of benzene rings is 1. The van der Waals surface area contributed by atoms with Gasteiger partial charge in [0, 0.05) is 17.4 Å². The summed E-state index contributed by atoms with van der Waals surface area (Å²) in [7, 11) is 0. The number of carbonyl (C=O) groups is 1. The second kappa shape index (κ2) is 7.16. The fraction of sp³-hybridized carbons (Fsp3) is 0.0769. The van der Waals surface area contributed by atoms with E-state index in [-0.39, 0.29) is 17.6 Å². The zero-order valence-corrected chi connectivity index (χ0v) is 13.2. The van der Waals surface area contributed by atoms with Gasteiger partial charge in [0.25, 0.3) is 0 Å². The first-order valence-electron chi connectivity index (χ1n) is 6.46. The lowest BCUT2D eigenvalue weighted by molar-refractivity contribution is -0.113. The van der Waals surface area contributed by atoms with Crippen LogP contribution >= 0.6 is 23.4 Å². The summed E-state index contributed by atoms with van der Waals surface area (Å²) in [5, 5.41) is 15.2. The summed E-state index contributed by atoms with van der Waals surface area (Å²) in [6.45, 7) is 0. The molecule has 0 aliphatic rings. The minimum absolute atomic E-state index is 0.131. The van der Waals surface area contributed by atoms with Crippen LogP contribution in [0, 0.1) is 0 Å². The standard InChI is InChI=1S/C13H10ClN7OS/c14-9-2-4-10(5-3-9)21-13(18-19-20-21)23-8-11(22)17-12-15-6-1-7-16-12/h1-7H,8H2,(H,15,16,17,22). The molecule has 1 N–H and O–H groups in total. The number of anilines is 1.